The van der Waals surface area contributed by atoms with E-state index in [4.69, 9.17) is 0 Å². The molecule has 0 radical (unpaired) electrons. The number of aryl methyl sites for hydroxylation is 1. The predicted molar refractivity (Wildman–Crippen MR) is 83.7 cm³/mol. The van der Waals surface area contributed by atoms with Crippen molar-refractivity contribution in [3.63, 3.8) is 0 Å². The van der Waals surface area contributed by atoms with Crippen LogP contribution in [0.4, 0.5) is 0 Å². The van der Waals surface area contributed by atoms with Gasteiger partial charge in [0.05, 0.1) is 6.04 Å². The standard InChI is InChI=1S/C16H22N2OS/c1-11-6-3-4-8-14(11)15-17-12(2)16(19)18(15)10-13-7-5-9-20-13/h3-4,6,8,12-13,15,17H,5,7,9-10H2,1-2H3. The van der Waals surface area contributed by atoms with Crippen LogP contribution in [0.15, 0.2) is 24.3 Å². The van der Waals surface area contributed by atoms with Crippen LogP contribution >= 0.6 is 11.8 Å². The van der Waals surface area contributed by atoms with Gasteiger partial charge in [0.15, 0.2) is 0 Å². The summed E-state index contributed by atoms with van der Waals surface area (Å²) in [6.07, 6.45) is 2.57. The van der Waals surface area contributed by atoms with Gasteiger partial charge in [0, 0.05) is 11.8 Å². The molecule has 0 aromatic heterocycles. The predicted octanol–water partition coefficient (Wildman–Crippen LogP) is 2.71. The van der Waals surface area contributed by atoms with Gasteiger partial charge in [-0.15, -0.1) is 0 Å². The second-order valence-corrected chi connectivity index (χ2v) is 7.18. The van der Waals surface area contributed by atoms with E-state index in [2.05, 4.69) is 41.4 Å². The molecule has 2 fully saturated rings. The highest BCUT2D eigenvalue weighted by Crippen LogP contribution is 2.32. The zero-order valence-electron chi connectivity index (χ0n) is 12.1. The Morgan fingerprint density at radius 1 is 1.40 bits per heavy atom. The van der Waals surface area contributed by atoms with Crippen molar-refractivity contribution in [1.29, 1.82) is 0 Å². The van der Waals surface area contributed by atoms with E-state index in [-0.39, 0.29) is 18.1 Å². The second kappa shape index (κ2) is 5.78. The van der Waals surface area contributed by atoms with Crippen LogP contribution in [-0.4, -0.2) is 34.4 Å². The normalized spacial score (nSPS) is 30.2. The van der Waals surface area contributed by atoms with E-state index in [0.717, 1.165) is 6.54 Å². The van der Waals surface area contributed by atoms with Crippen LogP contribution in [-0.2, 0) is 4.79 Å². The first-order chi connectivity index (χ1) is 9.66. The lowest BCUT2D eigenvalue weighted by molar-refractivity contribution is -0.129. The van der Waals surface area contributed by atoms with Crippen LogP contribution in [0.1, 0.15) is 37.1 Å². The quantitative estimate of drug-likeness (QED) is 0.929. The van der Waals surface area contributed by atoms with Crippen molar-refractivity contribution < 1.29 is 4.79 Å². The smallest absolute Gasteiger partial charge is 0.241 e. The fourth-order valence-corrected chi connectivity index (χ4v) is 4.39. The van der Waals surface area contributed by atoms with E-state index in [1.807, 2.05) is 18.7 Å². The highest BCUT2D eigenvalue weighted by atomic mass is 32.2. The molecular weight excluding hydrogens is 268 g/mol. The third-order valence-electron chi connectivity index (χ3n) is 4.28. The van der Waals surface area contributed by atoms with E-state index in [1.165, 1.54) is 29.7 Å². The summed E-state index contributed by atoms with van der Waals surface area (Å²) >= 11 is 2.01. The lowest BCUT2D eigenvalue weighted by atomic mass is 10.1. The molecular formula is C16H22N2OS. The molecule has 1 aromatic carbocycles. The number of nitrogens with one attached hydrogen (secondary N) is 1. The third-order valence-corrected chi connectivity index (χ3v) is 5.66. The molecule has 1 amide bonds. The van der Waals surface area contributed by atoms with E-state index in [1.54, 1.807) is 0 Å². The van der Waals surface area contributed by atoms with Crippen LogP contribution in [0.3, 0.4) is 0 Å². The van der Waals surface area contributed by atoms with Crippen LogP contribution in [0, 0.1) is 6.92 Å². The van der Waals surface area contributed by atoms with Gasteiger partial charge in [0.2, 0.25) is 5.91 Å². The first-order valence-electron chi connectivity index (χ1n) is 7.40. The minimum atomic E-state index is -0.0778. The fraction of sp³-hybridized carbons (Fsp3) is 0.562. The molecule has 1 aromatic rings. The first-order valence-corrected chi connectivity index (χ1v) is 8.45. The van der Waals surface area contributed by atoms with Crippen LogP contribution in [0.25, 0.3) is 0 Å². The first kappa shape index (κ1) is 14.0. The summed E-state index contributed by atoms with van der Waals surface area (Å²) in [6.45, 7) is 4.96. The summed E-state index contributed by atoms with van der Waals surface area (Å²) in [5, 5.41) is 4.06. The molecule has 0 bridgehead atoms. The van der Waals surface area contributed by atoms with Crippen molar-refractivity contribution in [2.45, 2.75) is 44.1 Å². The van der Waals surface area contributed by atoms with Gasteiger partial charge in [0.25, 0.3) is 0 Å². The summed E-state index contributed by atoms with van der Waals surface area (Å²) in [6, 6.07) is 8.28. The lowest BCUT2D eigenvalue weighted by Gasteiger charge is -2.28. The Kier molecular flexibility index (Phi) is 4.03. The molecule has 20 heavy (non-hydrogen) atoms. The number of hydrogen-bond donors (Lipinski definition) is 1. The molecule has 3 atom stereocenters. The van der Waals surface area contributed by atoms with E-state index < -0.39 is 0 Å². The number of thioether (sulfide) groups is 1. The van der Waals surface area contributed by atoms with Gasteiger partial charge in [-0.05, 0) is 43.6 Å². The highest BCUT2D eigenvalue weighted by molar-refractivity contribution is 8.00. The van der Waals surface area contributed by atoms with Crippen molar-refractivity contribution in [3.05, 3.63) is 35.4 Å². The molecule has 0 aliphatic carbocycles. The summed E-state index contributed by atoms with van der Waals surface area (Å²) in [5.41, 5.74) is 2.48. The number of benzene rings is 1. The van der Waals surface area contributed by atoms with Gasteiger partial charge in [-0.2, -0.15) is 11.8 Å². The molecule has 2 aliphatic heterocycles. The van der Waals surface area contributed by atoms with Crippen LogP contribution < -0.4 is 5.32 Å². The SMILES string of the molecule is Cc1ccccc1C1NC(C)C(=O)N1CC1CCCS1. The monoisotopic (exact) mass is 290 g/mol. The molecule has 4 heteroatoms. The third kappa shape index (κ3) is 2.59. The summed E-state index contributed by atoms with van der Waals surface area (Å²) in [4.78, 5) is 14.5. The van der Waals surface area contributed by atoms with Crippen molar-refractivity contribution >= 4 is 17.7 Å². The largest absolute Gasteiger partial charge is 0.320 e. The number of rotatable bonds is 3. The van der Waals surface area contributed by atoms with E-state index in [0.29, 0.717) is 5.25 Å². The number of nitrogens with zero attached hydrogens (tertiary/aromatic N) is 1. The molecule has 3 rings (SSSR count). The van der Waals surface area contributed by atoms with Gasteiger partial charge in [-0.25, -0.2) is 0 Å². The number of carbonyl (C=O) groups excluding carboxylic acids is 1. The fourth-order valence-electron chi connectivity index (χ4n) is 3.13. The zero-order chi connectivity index (χ0) is 14.1. The molecule has 2 heterocycles. The lowest BCUT2D eigenvalue weighted by Crippen LogP contribution is -2.35. The average molecular weight is 290 g/mol. The van der Waals surface area contributed by atoms with Gasteiger partial charge in [-0.3, -0.25) is 10.1 Å². The van der Waals surface area contributed by atoms with Crippen molar-refractivity contribution in [2.24, 2.45) is 0 Å². The Bertz CT molecular complexity index is 499. The van der Waals surface area contributed by atoms with Gasteiger partial charge in [-0.1, -0.05) is 24.3 Å². The van der Waals surface area contributed by atoms with Gasteiger partial charge < -0.3 is 4.90 Å². The molecule has 0 saturated carbocycles. The molecule has 3 nitrogen and oxygen atoms in total. The average Bonchev–Trinajstić information content (AvgIpc) is 3.04. The highest BCUT2D eigenvalue weighted by Gasteiger charge is 2.38. The molecule has 108 valence electrons. The van der Waals surface area contributed by atoms with Crippen molar-refractivity contribution in [1.82, 2.24) is 10.2 Å². The Hall–Kier alpha value is -1.00. The molecule has 2 saturated heterocycles. The molecule has 3 unspecified atom stereocenters. The maximum atomic E-state index is 12.4. The minimum absolute atomic E-state index is 0.0416. The van der Waals surface area contributed by atoms with Crippen molar-refractivity contribution in [2.75, 3.05) is 12.3 Å². The van der Waals surface area contributed by atoms with E-state index >= 15 is 0 Å². The second-order valence-electron chi connectivity index (χ2n) is 5.77. The Morgan fingerprint density at radius 3 is 2.90 bits per heavy atom. The van der Waals surface area contributed by atoms with Gasteiger partial charge >= 0.3 is 0 Å². The summed E-state index contributed by atoms with van der Waals surface area (Å²) < 4.78 is 0. The van der Waals surface area contributed by atoms with Gasteiger partial charge in [0.1, 0.15) is 6.17 Å². The zero-order valence-corrected chi connectivity index (χ0v) is 13.0. The Labute approximate surface area is 125 Å². The number of hydrogen-bond acceptors (Lipinski definition) is 3. The summed E-state index contributed by atoms with van der Waals surface area (Å²) in [7, 11) is 0. The number of amides is 1. The number of carbonyl (C=O) groups is 1. The maximum absolute atomic E-state index is 12.4. The molecule has 0 spiro atoms. The Balaban J connectivity index is 1.84. The summed E-state index contributed by atoms with van der Waals surface area (Å²) in [5.74, 6) is 1.48. The van der Waals surface area contributed by atoms with Crippen LogP contribution in [0.5, 0.6) is 0 Å². The van der Waals surface area contributed by atoms with Crippen LogP contribution in [0.2, 0.25) is 0 Å². The topological polar surface area (TPSA) is 32.3 Å². The maximum Gasteiger partial charge on any atom is 0.241 e. The molecule has 2 aliphatic rings. The molecule has 1 N–H and O–H groups in total. The minimum Gasteiger partial charge on any atom is -0.320 e. The van der Waals surface area contributed by atoms with Crippen molar-refractivity contribution in [3.8, 4) is 0 Å². The van der Waals surface area contributed by atoms with E-state index in [9.17, 15) is 4.79 Å². The Morgan fingerprint density at radius 2 is 2.20 bits per heavy atom.